The molecule has 9 atom stereocenters. The fraction of sp³-hybridized carbons (Fsp3) is 0.955. The second kappa shape index (κ2) is 5.09. The van der Waals surface area contributed by atoms with Crippen LogP contribution < -0.4 is 0 Å². The molecule has 0 saturated heterocycles. The number of rotatable bonds is 0. The highest BCUT2D eigenvalue weighted by Gasteiger charge is 2.64. The average Bonchev–Trinajstić information content (AvgIpc) is 2.73. The molecule has 0 radical (unpaired) electrons. The van der Waals surface area contributed by atoms with Crippen molar-refractivity contribution in [1.82, 2.24) is 0 Å². The number of carbonyl (C=O) groups is 1. The van der Waals surface area contributed by atoms with Gasteiger partial charge in [-0.1, -0.05) is 27.7 Å². The van der Waals surface area contributed by atoms with Crippen molar-refractivity contribution in [2.24, 2.45) is 46.3 Å². The highest BCUT2D eigenvalue weighted by Crippen LogP contribution is 2.69. The van der Waals surface area contributed by atoms with E-state index in [1.165, 1.54) is 25.7 Å². The first-order valence-corrected chi connectivity index (χ1v) is 10.4. The van der Waals surface area contributed by atoms with E-state index in [-0.39, 0.29) is 11.3 Å². The zero-order chi connectivity index (χ0) is 17.5. The van der Waals surface area contributed by atoms with Crippen LogP contribution in [0.2, 0.25) is 0 Å². The summed E-state index contributed by atoms with van der Waals surface area (Å²) < 4.78 is 0. The normalized spacial score (nSPS) is 60.3. The second-order valence-corrected chi connectivity index (χ2v) is 10.8. The van der Waals surface area contributed by atoms with Crippen molar-refractivity contribution in [3.8, 4) is 0 Å². The van der Waals surface area contributed by atoms with Crippen LogP contribution in [0.4, 0.5) is 0 Å². The van der Waals surface area contributed by atoms with E-state index in [2.05, 4.69) is 34.6 Å². The van der Waals surface area contributed by atoms with E-state index in [1.54, 1.807) is 0 Å². The van der Waals surface area contributed by atoms with E-state index < -0.39 is 5.60 Å². The Kier molecular flexibility index (Phi) is 3.62. The van der Waals surface area contributed by atoms with Gasteiger partial charge in [0.15, 0.2) is 0 Å². The van der Waals surface area contributed by atoms with Crippen LogP contribution in [0.15, 0.2) is 0 Å². The van der Waals surface area contributed by atoms with Gasteiger partial charge in [-0.2, -0.15) is 0 Å². The van der Waals surface area contributed by atoms with Crippen molar-refractivity contribution in [3.05, 3.63) is 0 Å². The lowest BCUT2D eigenvalue weighted by molar-refractivity contribution is -0.170. The van der Waals surface area contributed by atoms with Crippen LogP contribution in [-0.2, 0) is 4.79 Å². The first kappa shape index (κ1) is 17.1. The Labute approximate surface area is 147 Å². The van der Waals surface area contributed by atoms with E-state index in [4.69, 9.17) is 0 Å². The lowest BCUT2D eigenvalue weighted by Crippen LogP contribution is -2.58. The van der Waals surface area contributed by atoms with Crippen LogP contribution in [-0.4, -0.2) is 16.5 Å². The van der Waals surface area contributed by atoms with Gasteiger partial charge in [0, 0.05) is 12.3 Å². The Balaban J connectivity index is 1.70. The molecule has 0 aliphatic heterocycles. The van der Waals surface area contributed by atoms with Gasteiger partial charge >= 0.3 is 0 Å². The molecule has 0 amide bonds. The van der Waals surface area contributed by atoms with Crippen LogP contribution in [0.5, 0.6) is 0 Å². The summed E-state index contributed by atoms with van der Waals surface area (Å²) in [5.74, 6) is 4.24. The molecule has 0 aromatic rings. The van der Waals surface area contributed by atoms with Gasteiger partial charge in [-0.15, -0.1) is 0 Å². The molecule has 0 aromatic carbocycles. The van der Waals surface area contributed by atoms with Crippen LogP contribution in [0.3, 0.4) is 0 Å². The molecule has 0 bridgehead atoms. The lowest BCUT2D eigenvalue weighted by atomic mass is 9.42. The zero-order valence-electron chi connectivity index (χ0n) is 16.3. The van der Waals surface area contributed by atoms with Crippen molar-refractivity contribution in [2.45, 2.75) is 85.2 Å². The minimum atomic E-state index is -0.490. The van der Waals surface area contributed by atoms with Crippen molar-refractivity contribution in [1.29, 1.82) is 0 Å². The molecule has 0 spiro atoms. The number of fused-ring (bicyclic) bond motifs is 5. The molecule has 1 N–H and O–H groups in total. The standard InChI is InChI=1S/C22H36O2/c1-13-10-15-11-18(23)14(2)12-20(15,3)16-6-8-21(4)17(19(13)16)7-9-22(21,5)24/h13-17,19,24H,6-12H2,1-5H3/t13-,14+,15-,16-,17-,19+,20-,21-,22+/m0/s1. The van der Waals surface area contributed by atoms with Gasteiger partial charge in [0.1, 0.15) is 5.78 Å². The molecular formula is C22H36O2. The van der Waals surface area contributed by atoms with Gasteiger partial charge in [0.05, 0.1) is 5.60 Å². The number of carbonyl (C=O) groups excluding carboxylic acids is 1. The molecule has 2 nitrogen and oxygen atoms in total. The Hall–Kier alpha value is -0.370. The van der Waals surface area contributed by atoms with Gasteiger partial charge in [0.2, 0.25) is 0 Å². The van der Waals surface area contributed by atoms with Crippen LogP contribution in [0.1, 0.15) is 79.6 Å². The Morgan fingerprint density at radius 1 is 1.04 bits per heavy atom. The molecule has 4 rings (SSSR count). The van der Waals surface area contributed by atoms with E-state index in [9.17, 15) is 9.90 Å². The Bertz CT molecular complexity index is 552. The number of ketones is 1. The fourth-order valence-electron chi connectivity index (χ4n) is 8.03. The summed E-state index contributed by atoms with van der Waals surface area (Å²) in [4.78, 5) is 12.3. The first-order chi connectivity index (χ1) is 11.1. The molecule has 2 heteroatoms. The quantitative estimate of drug-likeness (QED) is 0.689. The van der Waals surface area contributed by atoms with Crippen molar-refractivity contribution < 1.29 is 9.90 Å². The smallest absolute Gasteiger partial charge is 0.136 e. The summed E-state index contributed by atoms with van der Waals surface area (Å²) in [6, 6.07) is 0. The van der Waals surface area contributed by atoms with Gasteiger partial charge in [0.25, 0.3) is 0 Å². The summed E-state index contributed by atoms with van der Waals surface area (Å²) in [5.41, 5.74) is -0.0437. The molecule has 4 saturated carbocycles. The van der Waals surface area contributed by atoms with Crippen LogP contribution >= 0.6 is 0 Å². The molecular weight excluding hydrogens is 296 g/mol. The summed E-state index contributed by atoms with van der Waals surface area (Å²) in [6.07, 6.45) is 7.75. The highest BCUT2D eigenvalue weighted by atomic mass is 16.3. The zero-order valence-corrected chi connectivity index (χ0v) is 16.3. The molecule has 4 fully saturated rings. The molecule has 0 heterocycles. The topological polar surface area (TPSA) is 37.3 Å². The van der Waals surface area contributed by atoms with E-state index in [0.717, 1.165) is 31.1 Å². The van der Waals surface area contributed by atoms with E-state index in [1.807, 2.05) is 0 Å². The number of aliphatic hydroxyl groups is 1. The third kappa shape index (κ3) is 2.01. The third-order valence-corrected chi connectivity index (χ3v) is 9.73. The third-order valence-electron chi connectivity index (χ3n) is 9.73. The minimum Gasteiger partial charge on any atom is -0.390 e. The summed E-state index contributed by atoms with van der Waals surface area (Å²) in [5, 5.41) is 11.1. The van der Waals surface area contributed by atoms with Crippen LogP contribution in [0.25, 0.3) is 0 Å². The first-order valence-electron chi connectivity index (χ1n) is 10.4. The average molecular weight is 333 g/mol. The highest BCUT2D eigenvalue weighted by molar-refractivity contribution is 5.82. The van der Waals surface area contributed by atoms with Crippen molar-refractivity contribution >= 4 is 5.78 Å². The maximum atomic E-state index is 12.3. The molecule has 0 aromatic heterocycles. The predicted octanol–water partition coefficient (Wildman–Crippen LogP) is 4.84. The molecule has 136 valence electrons. The SMILES string of the molecule is C[C@@H]1C[C@@]2(C)[C@H](CC1=O)C[C@H](C)[C@@H]1[C@@H]2CC[C@@]2(C)[C@H]1CC[C@@]2(C)O. The monoisotopic (exact) mass is 332 g/mol. The number of hydrogen-bond donors (Lipinski definition) is 1. The van der Waals surface area contributed by atoms with E-state index in [0.29, 0.717) is 29.0 Å². The summed E-state index contributed by atoms with van der Waals surface area (Å²) in [7, 11) is 0. The van der Waals surface area contributed by atoms with Crippen molar-refractivity contribution in [3.63, 3.8) is 0 Å². The maximum Gasteiger partial charge on any atom is 0.136 e. The summed E-state index contributed by atoms with van der Waals surface area (Å²) >= 11 is 0. The van der Waals surface area contributed by atoms with Gasteiger partial charge in [-0.25, -0.2) is 0 Å². The number of Topliss-reactive ketones (excluding diaryl/α,β-unsaturated/α-hetero) is 1. The van der Waals surface area contributed by atoms with Gasteiger partial charge in [-0.05, 0) is 85.9 Å². The predicted molar refractivity (Wildman–Crippen MR) is 96.5 cm³/mol. The fourth-order valence-corrected chi connectivity index (χ4v) is 8.03. The molecule has 24 heavy (non-hydrogen) atoms. The van der Waals surface area contributed by atoms with Gasteiger partial charge < -0.3 is 5.11 Å². The lowest BCUT2D eigenvalue weighted by Gasteiger charge is -2.63. The largest absolute Gasteiger partial charge is 0.390 e. The van der Waals surface area contributed by atoms with Crippen molar-refractivity contribution in [2.75, 3.05) is 0 Å². The van der Waals surface area contributed by atoms with Crippen LogP contribution in [0, 0.1) is 46.3 Å². The maximum absolute atomic E-state index is 12.3. The molecule has 4 aliphatic carbocycles. The Morgan fingerprint density at radius 2 is 1.71 bits per heavy atom. The number of hydrogen-bond acceptors (Lipinski definition) is 2. The second-order valence-electron chi connectivity index (χ2n) is 10.8. The molecule has 4 aliphatic rings. The van der Waals surface area contributed by atoms with E-state index >= 15 is 0 Å². The Morgan fingerprint density at radius 3 is 2.42 bits per heavy atom. The summed E-state index contributed by atoms with van der Waals surface area (Å²) in [6.45, 7) is 11.6. The van der Waals surface area contributed by atoms with Gasteiger partial charge in [-0.3, -0.25) is 4.79 Å². The molecule has 0 unspecified atom stereocenters. The minimum absolute atomic E-state index is 0.0989.